The van der Waals surface area contributed by atoms with Crippen molar-refractivity contribution in [2.24, 2.45) is 5.92 Å². The molecule has 1 aromatic rings. The number of benzene rings is 1. The van der Waals surface area contributed by atoms with Crippen LogP contribution in [0.4, 0.5) is 0 Å². The van der Waals surface area contributed by atoms with Gasteiger partial charge in [-0.1, -0.05) is 6.07 Å². The first kappa shape index (κ1) is 15.6. The summed E-state index contributed by atoms with van der Waals surface area (Å²) in [6, 6.07) is 6.07. The Morgan fingerprint density at radius 1 is 1.22 bits per heavy atom. The van der Waals surface area contributed by atoms with Crippen molar-refractivity contribution in [3.8, 4) is 11.5 Å². The van der Waals surface area contributed by atoms with Crippen molar-refractivity contribution < 1.29 is 23.8 Å². The number of ether oxygens (including phenoxy) is 3. The van der Waals surface area contributed by atoms with Crippen molar-refractivity contribution >= 4 is 11.9 Å². The highest BCUT2D eigenvalue weighted by Gasteiger charge is 2.24. The minimum Gasteiger partial charge on any atom is -0.456 e. The van der Waals surface area contributed by atoms with Crippen molar-refractivity contribution in [2.45, 2.75) is 26.2 Å². The third-order valence-corrected chi connectivity index (χ3v) is 4.33. The van der Waals surface area contributed by atoms with Gasteiger partial charge in [0.15, 0.2) is 18.1 Å². The number of hydrogen-bond acceptors (Lipinski definition) is 5. The van der Waals surface area contributed by atoms with Crippen LogP contribution in [0.15, 0.2) is 18.2 Å². The molecule has 1 fully saturated rings. The van der Waals surface area contributed by atoms with E-state index >= 15 is 0 Å². The van der Waals surface area contributed by atoms with Gasteiger partial charge in [-0.25, -0.2) is 0 Å². The van der Waals surface area contributed by atoms with Crippen LogP contribution < -0.4 is 9.47 Å². The Morgan fingerprint density at radius 3 is 2.70 bits per heavy atom. The predicted octanol–water partition coefficient (Wildman–Crippen LogP) is 1.76. The van der Waals surface area contributed by atoms with Gasteiger partial charge in [-0.05, 0) is 42.9 Å². The molecule has 2 heterocycles. The second-order valence-corrected chi connectivity index (χ2v) is 6.00. The third kappa shape index (κ3) is 3.94. The largest absolute Gasteiger partial charge is 0.456 e. The van der Waals surface area contributed by atoms with Gasteiger partial charge >= 0.3 is 5.97 Å². The summed E-state index contributed by atoms with van der Waals surface area (Å²) in [5.74, 6) is 1.64. The molecule has 3 rings (SSSR count). The van der Waals surface area contributed by atoms with Crippen LogP contribution in [-0.4, -0.2) is 43.3 Å². The minimum absolute atomic E-state index is 0.110. The Hall–Kier alpha value is -2.24. The molecule has 0 aliphatic carbocycles. The maximum absolute atomic E-state index is 11.9. The molecular formula is C17H21NO5. The van der Waals surface area contributed by atoms with Gasteiger partial charge in [-0.3, -0.25) is 9.59 Å². The third-order valence-electron chi connectivity index (χ3n) is 4.33. The van der Waals surface area contributed by atoms with Gasteiger partial charge in [0.05, 0.1) is 0 Å². The number of nitrogens with zero attached hydrogens (tertiary/aromatic N) is 1. The number of fused-ring (bicyclic) bond motifs is 1. The standard InChI is InChI=1S/C17H21NO5/c1-12(19)21-10-17(20)18-6-4-13(5-7-18)8-14-2-3-15-16(9-14)23-11-22-15/h2-3,9,13H,4-8,10-11H2,1H3. The van der Waals surface area contributed by atoms with Crippen molar-refractivity contribution in [2.75, 3.05) is 26.5 Å². The Kier molecular flexibility index (Phi) is 4.69. The summed E-state index contributed by atoms with van der Waals surface area (Å²) in [5, 5.41) is 0. The van der Waals surface area contributed by atoms with E-state index in [1.165, 1.54) is 12.5 Å². The molecule has 1 amide bonds. The van der Waals surface area contributed by atoms with E-state index in [1.54, 1.807) is 4.90 Å². The number of rotatable bonds is 4. The maximum Gasteiger partial charge on any atom is 0.303 e. The average Bonchev–Trinajstić information content (AvgIpc) is 3.01. The van der Waals surface area contributed by atoms with Crippen molar-refractivity contribution in [3.63, 3.8) is 0 Å². The fourth-order valence-corrected chi connectivity index (χ4v) is 3.04. The van der Waals surface area contributed by atoms with Gasteiger partial charge in [0, 0.05) is 20.0 Å². The van der Waals surface area contributed by atoms with Crippen LogP contribution in [0.25, 0.3) is 0 Å². The lowest BCUT2D eigenvalue weighted by Crippen LogP contribution is -2.41. The van der Waals surface area contributed by atoms with Gasteiger partial charge in [0.1, 0.15) is 0 Å². The summed E-state index contributed by atoms with van der Waals surface area (Å²) >= 11 is 0. The molecule has 0 N–H and O–H groups in total. The van der Waals surface area contributed by atoms with Crippen LogP contribution in [0.3, 0.4) is 0 Å². The Balaban J connectivity index is 1.47. The van der Waals surface area contributed by atoms with E-state index in [-0.39, 0.29) is 12.5 Å². The molecule has 23 heavy (non-hydrogen) atoms. The Labute approximate surface area is 135 Å². The molecule has 2 aliphatic heterocycles. The highest BCUT2D eigenvalue weighted by molar-refractivity contribution is 5.80. The maximum atomic E-state index is 11.9. The summed E-state index contributed by atoms with van der Waals surface area (Å²) in [6.45, 7) is 2.89. The minimum atomic E-state index is -0.420. The second kappa shape index (κ2) is 6.89. The smallest absolute Gasteiger partial charge is 0.303 e. The van der Waals surface area contributed by atoms with Crippen LogP contribution in [0.2, 0.25) is 0 Å². The summed E-state index contributed by atoms with van der Waals surface area (Å²) in [7, 11) is 0. The monoisotopic (exact) mass is 319 g/mol. The summed E-state index contributed by atoms with van der Waals surface area (Å²) in [6.07, 6.45) is 2.89. The van der Waals surface area contributed by atoms with E-state index in [2.05, 4.69) is 6.07 Å². The number of carbonyl (C=O) groups is 2. The summed E-state index contributed by atoms with van der Waals surface area (Å²) in [4.78, 5) is 24.4. The van der Waals surface area contributed by atoms with Crippen molar-refractivity contribution in [3.05, 3.63) is 23.8 Å². The van der Waals surface area contributed by atoms with Crippen LogP contribution in [0.5, 0.6) is 11.5 Å². The molecule has 0 saturated carbocycles. The zero-order chi connectivity index (χ0) is 16.2. The topological polar surface area (TPSA) is 65.1 Å². The van der Waals surface area contributed by atoms with Crippen LogP contribution in [0.1, 0.15) is 25.3 Å². The second-order valence-electron chi connectivity index (χ2n) is 6.00. The van der Waals surface area contributed by atoms with Crippen molar-refractivity contribution in [1.29, 1.82) is 0 Å². The molecule has 124 valence electrons. The SMILES string of the molecule is CC(=O)OCC(=O)N1CCC(Cc2ccc3c(c2)OCO3)CC1. The highest BCUT2D eigenvalue weighted by Crippen LogP contribution is 2.34. The van der Waals surface area contributed by atoms with E-state index in [4.69, 9.17) is 14.2 Å². The number of hydrogen-bond donors (Lipinski definition) is 0. The molecule has 0 radical (unpaired) electrons. The van der Waals surface area contributed by atoms with Gasteiger partial charge < -0.3 is 19.1 Å². The number of amides is 1. The van der Waals surface area contributed by atoms with E-state index in [0.29, 0.717) is 12.7 Å². The molecule has 2 aliphatic rings. The molecule has 0 atom stereocenters. The Morgan fingerprint density at radius 2 is 1.96 bits per heavy atom. The first-order valence-corrected chi connectivity index (χ1v) is 7.91. The number of esters is 1. The van der Waals surface area contributed by atoms with Crippen LogP contribution >= 0.6 is 0 Å². The van der Waals surface area contributed by atoms with Gasteiger partial charge in [-0.15, -0.1) is 0 Å². The van der Waals surface area contributed by atoms with Gasteiger partial charge in [0.25, 0.3) is 5.91 Å². The quantitative estimate of drug-likeness (QED) is 0.791. The van der Waals surface area contributed by atoms with Crippen LogP contribution in [0, 0.1) is 5.92 Å². The summed E-state index contributed by atoms with van der Waals surface area (Å²) < 4.78 is 15.5. The zero-order valence-electron chi connectivity index (χ0n) is 13.2. The van der Waals surface area contributed by atoms with E-state index < -0.39 is 5.97 Å². The molecular weight excluding hydrogens is 298 g/mol. The highest BCUT2D eigenvalue weighted by atomic mass is 16.7. The van der Waals surface area contributed by atoms with Crippen LogP contribution in [-0.2, 0) is 20.7 Å². The fourth-order valence-electron chi connectivity index (χ4n) is 3.04. The van der Waals surface area contributed by atoms with E-state index in [1.807, 2.05) is 12.1 Å². The molecule has 6 heteroatoms. The normalized spacial score (nSPS) is 17.2. The van der Waals surface area contributed by atoms with E-state index in [9.17, 15) is 9.59 Å². The molecule has 0 bridgehead atoms. The zero-order valence-corrected chi connectivity index (χ0v) is 13.2. The number of piperidine rings is 1. The van der Waals surface area contributed by atoms with Crippen molar-refractivity contribution in [1.82, 2.24) is 4.90 Å². The predicted molar refractivity (Wildman–Crippen MR) is 82.2 cm³/mol. The van der Waals surface area contributed by atoms with Gasteiger partial charge in [0.2, 0.25) is 6.79 Å². The molecule has 1 aromatic carbocycles. The molecule has 0 spiro atoms. The average molecular weight is 319 g/mol. The lowest BCUT2D eigenvalue weighted by atomic mass is 9.90. The first-order chi connectivity index (χ1) is 11.1. The first-order valence-electron chi connectivity index (χ1n) is 7.91. The summed E-state index contributed by atoms with van der Waals surface area (Å²) in [5.41, 5.74) is 1.24. The fraction of sp³-hybridized carbons (Fsp3) is 0.529. The molecule has 6 nitrogen and oxygen atoms in total. The lowest BCUT2D eigenvalue weighted by Gasteiger charge is -2.32. The van der Waals surface area contributed by atoms with E-state index in [0.717, 1.165) is 43.9 Å². The van der Waals surface area contributed by atoms with Gasteiger partial charge in [-0.2, -0.15) is 0 Å². The lowest BCUT2D eigenvalue weighted by molar-refractivity contribution is -0.150. The molecule has 0 aromatic heterocycles. The number of likely N-dealkylation sites (tertiary alicyclic amines) is 1. The molecule has 1 saturated heterocycles. The Bertz CT molecular complexity index is 593. The number of carbonyl (C=O) groups excluding carboxylic acids is 2. The molecule has 0 unspecified atom stereocenters.